The molecule has 1 unspecified atom stereocenters. The lowest BCUT2D eigenvalue weighted by Gasteiger charge is -2.37. The van der Waals surface area contributed by atoms with Gasteiger partial charge in [0, 0.05) is 5.41 Å². The maximum Gasteiger partial charge on any atom is 0.151 e. The summed E-state index contributed by atoms with van der Waals surface area (Å²) in [7, 11) is 0. The fraction of sp³-hybridized carbons (Fsp3) is 0.818. The number of rotatable bonds is 1. The van der Waals surface area contributed by atoms with Crippen molar-refractivity contribution in [3.8, 4) is 0 Å². The SMILES string of the molecule is CC1(C)COCC1(O)C1=CCCCO1. The van der Waals surface area contributed by atoms with Crippen molar-refractivity contribution in [2.45, 2.75) is 32.3 Å². The van der Waals surface area contributed by atoms with Gasteiger partial charge in [-0.3, -0.25) is 0 Å². The van der Waals surface area contributed by atoms with Gasteiger partial charge in [-0.05, 0) is 18.9 Å². The van der Waals surface area contributed by atoms with Gasteiger partial charge < -0.3 is 14.6 Å². The minimum atomic E-state index is -0.923. The van der Waals surface area contributed by atoms with Crippen molar-refractivity contribution < 1.29 is 14.6 Å². The smallest absolute Gasteiger partial charge is 0.151 e. The van der Waals surface area contributed by atoms with E-state index in [1.165, 1.54) is 0 Å². The molecule has 0 aromatic heterocycles. The lowest BCUT2D eigenvalue weighted by Crippen LogP contribution is -2.46. The van der Waals surface area contributed by atoms with Gasteiger partial charge in [0.15, 0.2) is 5.60 Å². The Kier molecular flexibility index (Phi) is 2.32. The monoisotopic (exact) mass is 198 g/mol. The highest BCUT2D eigenvalue weighted by molar-refractivity contribution is 5.19. The van der Waals surface area contributed by atoms with Crippen LogP contribution in [0.25, 0.3) is 0 Å². The molecule has 0 aliphatic carbocycles. The first-order valence-electron chi connectivity index (χ1n) is 5.20. The van der Waals surface area contributed by atoms with Gasteiger partial charge in [0.25, 0.3) is 0 Å². The van der Waals surface area contributed by atoms with E-state index in [0.29, 0.717) is 25.6 Å². The number of allylic oxidation sites excluding steroid dienone is 1. The second-order valence-electron chi connectivity index (χ2n) is 4.80. The van der Waals surface area contributed by atoms with Crippen molar-refractivity contribution in [1.82, 2.24) is 0 Å². The highest BCUT2D eigenvalue weighted by Gasteiger charge is 2.52. The third kappa shape index (κ3) is 1.35. The second kappa shape index (κ2) is 3.24. The van der Waals surface area contributed by atoms with E-state index in [0.717, 1.165) is 12.8 Å². The Labute approximate surface area is 84.7 Å². The molecule has 0 spiro atoms. The molecule has 80 valence electrons. The topological polar surface area (TPSA) is 38.7 Å². The summed E-state index contributed by atoms with van der Waals surface area (Å²) >= 11 is 0. The Morgan fingerprint density at radius 3 is 2.64 bits per heavy atom. The van der Waals surface area contributed by atoms with E-state index in [-0.39, 0.29) is 5.41 Å². The van der Waals surface area contributed by atoms with Crippen molar-refractivity contribution >= 4 is 0 Å². The van der Waals surface area contributed by atoms with Crippen LogP contribution in [-0.4, -0.2) is 30.5 Å². The molecule has 0 aromatic rings. The van der Waals surface area contributed by atoms with Crippen LogP contribution < -0.4 is 0 Å². The molecule has 0 amide bonds. The van der Waals surface area contributed by atoms with Gasteiger partial charge in [0.2, 0.25) is 0 Å². The highest BCUT2D eigenvalue weighted by Crippen LogP contribution is 2.43. The van der Waals surface area contributed by atoms with Crippen LogP contribution in [0.2, 0.25) is 0 Å². The Morgan fingerprint density at radius 1 is 1.36 bits per heavy atom. The lowest BCUT2D eigenvalue weighted by atomic mass is 9.76. The van der Waals surface area contributed by atoms with Crippen molar-refractivity contribution in [2.75, 3.05) is 19.8 Å². The van der Waals surface area contributed by atoms with Crippen LogP contribution in [0, 0.1) is 5.41 Å². The summed E-state index contributed by atoms with van der Waals surface area (Å²) in [4.78, 5) is 0. The molecule has 0 aromatic carbocycles. The molecule has 0 bridgehead atoms. The molecule has 1 atom stereocenters. The van der Waals surface area contributed by atoms with Crippen LogP contribution in [-0.2, 0) is 9.47 Å². The summed E-state index contributed by atoms with van der Waals surface area (Å²) in [6.45, 7) is 5.68. The molecule has 3 heteroatoms. The van der Waals surface area contributed by atoms with Crippen LogP contribution in [0.15, 0.2) is 11.8 Å². The largest absolute Gasteiger partial charge is 0.495 e. The standard InChI is InChI=1S/C11H18O3/c1-10(2)7-13-8-11(10,12)9-5-3-4-6-14-9/h5,12H,3-4,6-8H2,1-2H3. The number of hydrogen-bond acceptors (Lipinski definition) is 3. The molecule has 1 N–H and O–H groups in total. The number of hydrogen-bond donors (Lipinski definition) is 1. The van der Waals surface area contributed by atoms with Crippen LogP contribution in [0.5, 0.6) is 0 Å². The zero-order chi connectivity index (χ0) is 10.2. The summed E-state index contributed by atoms with van der Waals surface area (Å²) in [5.74, 6) is 0.714. The quantitative estimate of drug-likeness (QED) is 0.693. The van der Waals surface area contributed by atoms with Gasteiger partial charge in [-0.15, -0.1) is 0 Å². The van der Waals surface area contributed by atoms with Crippen LogP contribution in [0.3, 0.4) is 0 Å². The lowest BCUT2D eigenvalue weighted by molar-refractivity contribution is -0.0508. The molecule has 2 heterocycles. The zero-order valence-corrected chi connectivity index (χ0v) is 8.88. The summed E-state index contributed by atoms with van der Waals surface area (Å²) in [6, 6.07) is 0. The average molecular weight is 198 g/mol. The average Bonchev–Trinajstić information content (AvgIpc) is 2.44. The first-order chi connectivity index (χ1) is 6.56. The Hall–Kier alpha value is -0.540. The normalized spacial score (nSPS) is 36.4. The molecule has 0 saturated carbocycles. The van der Waals surface area contributed by atoms with E-state index in [2.05, 4.69) is 0 Å². The highest BCUT2D eigenvalue weighted by atomic mass is 16.5. The Bertz CT molecular complexity index is 257. The van der Waals surface area contributed by atoms with Gasteiger partial charge in [0.1, 0.15) is 5.76 Å². The first-order valence-corrected chi connectivity index (χ1v) is 5.20. The van der Waals surface area contributed by atoms with Crippen molar-refractivity contribution in [3.63, 3.8) is 0 Å². The van der Waals surface area contributed by atoms with E-state index < -0.39 is 5.60 Å². The maximum absolute atomic E-state index is 10.5. The number of ether oxygens (including phenoxy) is 2. The Morgan fingerprint density at radius 2 is 2.14 bits per heavy atom. The van der Waals surface area contributed by atoms with E-state index in [1.54, 1.807) is 0 Å². The Balaban J connectivity index is 2.26. The van der Waals surface area contributed by atoms with Gasteiger partial charge in [-0.2, -0.15) is 0 Å². The van der Waals surface area contributed by atoms with Crippen LogP contribution in [0.1, 0.15) is 26.7 Å². The second-order valence-corrected chi connectivity index (χ2v) is 4.80. The minimum Gasteiger partial charge on any atom is -0.495 e. The van der Waals surface area contributed by atoms with Crippen LogP contribution in [0.4, 0.5) is 0 Å². The molecule has 1 saturated heterocycles. The summed E-state index contributed by atoms with van der Waals surface area (Å²) in [6.07, 6.45) is 4.04. The third-order valence-electron chi connectivity index (χ3n) is 3.24. The maximum atomic E-state index is 10.5. The fourth-order valence-corrected chi connectivity index (χ4v) is 2.02. The predicted molar refractivity (Wildman–Crippen MR) is 52.8 cm³/mol. The first kappa shape index (κ1) is 9.99. The molecule has 2 aliphatic heterocycles. The minimum absolute atomic E-state index is 0.254. The summed E-state index contributed by atoms with van der Waals surface area (Å²) in [5, 5.41) is 10.5. The third-order valence-corrected chi connectivity index (χ3v) is 3.24. The predicted octanol–water partition coefficient (Wildman–Crippen LogP) is 1.47. The van der Waals surface area contributed by atoms with Gasteiger partial charge in [-0.25, -0.2) is 0 Å². The van der Waals surface area contributed by atoms with Crippen molar-refractivity contribution in [3.05, 3.63) is 11.8 Å². The molecular formula is C11H18O3. The number of aliphatic hydroxyl groups is 1. The molecule has 3 nitrogen and oxygen atoms in total. The van der Waals surface area contributed by atoms with Crippen molar-refractivity contribution in [2.24, 2.45) is 5.41 Å². The summed E-state index contributed by atoms with van der Waals surface area (Å²) in [5.41, 5.74) is -1.18. The van der Waals surface area contributed by atoms with Gasteiger partial charge in [-0.1, -0.05) is 13.8 Å². The van der Waals surface area contributed by atoms with Gasteiger partial charge in [0.05, 0.1) is 19.8 Å². The summed E-state index contributed by atoms with van der Waals surface area (Å²) < 4.78 is 10.9. The van der Waals surface area contributed by atoms with Crippen molar-refractivity contribution in [1.29, 1.82) is 0 Å². The fourth-order valence-electron chi connectivity index (χ4n) is 2.02. The van der Waals surface area contributed by atoms with E-state index in [1.807, 2.05) is 19.9 Å². The molecule has 2 rings (SSSR count). The molecular weight excluding hydrogens is 180 g/mol. The van der Waals surface area contributed by atoms with Gasteiger partial charge >= 0.3 is 0 Å². The molecule has 14 heavy (non-hydrogen) atoms. The van der Waals surface area contributed by atoms with Crippen LogP contribution >= 0.6 is 0 Å². The van der Waals surface area contributed by atoms with E-state index in [9.17, 15) is 5.11 Å². The zero-order valence-electron chi connectivity index (χ0n) is 8.88. The van der Waals surface area contributed by atoms with E-state index >= 15 is 0 Å². The molecule has 1 fully saturated rings. The van der Waals surface area contributed by atoms with E-state index in [4.69, 9.17) is 9.47 Å². The molecule has 2 aliphatic rings. The molecule has 0 radical (unpaired) electrons.